The van der Waals surface area contributed by atoms with Gasteiger partial charge in [0.2, 0.25) is 0 Å². The number of Topliss-reactive ketones (excluding diaryl/α,β-unsaturated/α-hetero) is 1. The van der Waals surface area contributed by atoms with Gasteiger partial charge in [0.15, 0.2) is 17.1 Å². The van der Waals surface area contributed by atoms with E-state index < -0.39 is 11.9 Å². The first-order valence-electron chi connectivity index (χ1n) is 9.80. The van der Waals surface area contributed by atoms with Crippen LogP contribution in [0.2, 0.25) is 0 Å². The fraction of sp³-hybridized carbons (Fsp3) is 0.381. The molecule has 9 heteroatoms. The van der Waals surface area contributed by atoms with E-state index in [0.29, 0.717) is 5.56 Å². The number of carbonyl (C=O) groups excluding carboxylic acids is 1. The first-order chi connectivity index (χ1) is 14.3. The molecule has 30 heavy (non-hydrogen) atoms. The Morgan fingerprint density at radius 3 is 2.37 bits per heavy atom. The van der Waals surface area contributed by atoms with Crippen molar-refractivity contribution >= 4 is 27.4 Å². The predicted octanol–water partition coefficient (Wildman–Crippen LogP) is 5.24. The van der Waals surface area contributed by atoms with Crippen LogP contribution in [0.25, 0.3) is 16.9 Å². The normalized spacial score (nSPS) is 16.0. The number of halogens is 4. The highest BCUT2D eigenvalue weighted by molar-refractivity contribution is 9.10. The molecule has 0 aliphatic carbocycles. The molecule has 1 fully saturated rings. The maximum absolute atomic E-state index is 13.7. The molecule has 0 N–H and O–H groups in total. The molecule has 0 spiro atoms. The second kappa shape index (κ2) is 8.47. The quantitative estimate of drug-likeness (QED) is 0.479. The lowest BCUT2D eigenvalue weighted by molar-refractivity contribution is -0.142. The third-order valence-corrected chi connectivity index (χ3v) is 5.80. The van der Waals surface area contributed by atoms with Crippen molar-refractivity contribution in [3.05, 3.63) is 52.3 Å². The van der Waals surface area contributed by atoms with Gasteiger partial charge >= 0.3 is 6.18 Å². The third-order valence-electron chi connectivity index (χ3n) is 5.27. The van der Waals surface area contributed by atoms with Crippen molar-refractivity contribution in [2.75, 3.05) is 19.6 Å². The lowest BCUT2D eigenvalue weighted by atomic mass is 10.1. The molecule has 3 aromatic rings. The molecule has 158 valence electrons. The number of carbonyl (C=O) groups is 1. The van der Waals surface area contributed by atoms with Crippen molar-refractivity contribution in [2.24, 2.45) is 0 Å². The number of nitrogens with zero attached hydrogens (tertiary/aromatic N) is 4. The van der Waals surface area contributed by atoms with Gasteiger partial charge in [-0.3, -0.25) is 9.69 Å². The summed E-state index contributed by atoms with van der Waals surface area (Å²) in [5.74, 6) is -0.263. The van der Waals surface area contributed by atoms with Gasteiger partial charge in [0.05, 0.1) is 24.0 Å². The van der Waals surface area contributed by atoms with E-state index in [2.05, 4.69) is 30.9 Å². The standard InChI is InChI=1S/C21H20BrF3N4O/c22-15-7-5-14(6-8-15)17-11-19(21(23,24)25)29-20(27-17)16(12-26-29)18(30)13-28-9-3-1-2-4-10-28/h5-8,11-12H,1-4,9-10,13H2. The molecule has 1 aliphatic rings. The summed E-state index contributed by atoms with van der Waals surface area (Å²) in [5.41, 5.74) is -0.240. The van der Waals surface area contributed by atoms with Crippen molar-refractivity contribution < 1.29 is 18.0 Å². The molecule has 0 radical (unpaired) electrons. The van der Waals surface area contributed by atoms with E-state index in [4.69, 9.17) is 0 Å². The molecule has 2 aromatic heterocycles. The molecule has 0 unspecified atom stereocenters. The van der Waals surface area contributed by atoms with Crippen molar-refractivity contribution in [3.63, 3.8) is 0 Å². The first-order valence-corrected chi connectivity index (χ1v) is 10.6. The second-order valence-electron chi connectivity index (χ2n) is 7.44. The molecule has 4 rings (SSSR count). The van der Waals surface area contributed by atoms with Crippen LogP contribution in [0, 0.1) is 0 Å². The second-order valence-corrected chi connectivity index (χ2v) is 8.35. The van der Waals surface area contributed by atoms with Gasteiger partial charge < -0.3 is 0 Å². The van der Waals surface area contributed by atoms with Gasteiger partial charge in [0.25, 0.3) is 0 Å². The number of rotatable bonds is 4. The molecule has 1 saturated heterocycles. The zero-order valence-corrected chi connectivity index (χ0v) is 17.7. The molecule has 5 nitrogen and oxygen atoms in total. The summed E-state index contributed by atoms with van der Waals surface area (Å²) in [4.78, 5) is 19.4. The van der Waals surface area contributed by atoms with Crippen LogP contribution < -0.4 is 0 Å². The summed E-state index contributed by atoms with van der Waals surface area (Å²) in [7, 11) is 0. The maximum Gasteiger partial charge on any atom is 0.433 e. The van der Waals surface area contributed by atoms with Crippen LogP contribution in [0.3, 0.4) is 0 Å². The zero-order valence-electron chi connectivity index (χ0n) is 16.1. The highest BCUT2D eigenvalue weighted by Gasteiger charge is 2.36. The van der Waals surface area contributed by atoms with Crippen LogP contribution in [-0.2, 0) is 6.18 Å². The fourth-order valence-corrected chi connectivity index (χ4v) is 3.98. The molecular weight excluding hydrogens is 461 g/mol. The van der Waals surface area contributed by atoms with Crippen molar-refractivity contribution in [1.29, 1.82) is 0 Å². The topological polar surface area (TPSA) is 50.5 Å². The van der Waals surface area contributed by atoms with Gasteiger partial charge in [0, 0.05) is 10.0 Å². The van der Waals surface area contributed by atoms with Gasteiger partial charge in [-0.25, -0.2) is 9.50 Å². The van der Waals surface area contributed by atoms with Crippen molar-refractivity contribution in [2.45, 2.75) is 31.9 Å². The molecule has 0 saturated carbocycles. The number of aromatic nitrogens is 3. The largest absolute Gasteiger partial charge is 0.433 e. The van der Waals surface area contributed by atoms with E-state index in [9.17, 15) is 18.0 Å². The highest BCUT2D eigenvalue weighted by atomic mass is 79.9. The van der Waals surface area contributed by atoms with E-state index in [1.165, 1.54) is 6.20 Å². The molecule has 0 bridgehead atoms. The van der Waals surface area contributed by atoms with Crippen LogP contribution in [-0.4, -0.2) is 44.9 Å². The van der Waals surface area contributed by atoms with Gasteiger partial charge in [0.1, 0.15) is 0 Å². The number of likely N-dealkylation sites (tertiary alicyclic amines) is 1. The van der Waals surface area contributed by atoms with Crippen molar-refractivity contribution in [1.82, 2.24) is 19.5 Å². The average Bonchev–Trinajstić information content (AvgIpc) is 2.96. The minimum Gasteiger partial charge on any atom is -0.296 e. The van der Waals surface area contributed by atoms with Crippen LogP contribution in [0.1, 0.15) is 41.7 Å². The van der Waals surface area contributed by atoms with Crippen LogP contribution in [0.5, 0.6) is 0 Å². The Kier molecular flexibility index (Phi) is 5.92. The Labute approximate surface area is 180 Å². The summed E-state index contributed by atoms with van der Waals surface area (Å²) in [5, 5.41) is 3.85. The van der Waals surface area contributed by atoms with Gasteiger partial charge in [-0.15, -0.1) is 0 Å². The van der Waals surface area contributed by atoms with Gasteiger partial charge in [-0.2, -0.15) is 18.3 Å². The zero-order chi connectivity index (χ0) is 21.3. The van der Waals surface area contributed by atoms with Crippen LogP contribution >= 0.6 is 15.9 Å². The number of fused-ring (bicyclic) bond motifs is 1. The fourth-order valence-electron chi connectivity index (χ4n) is 3.71. The Morgan fingerprint density at radius 2 is 1.73 bits per heavy atom. The summed E-state index contributed by atoms with van der Waals surface area (Å²) < 4.78 is 42.7. The lowest BCUT2D eigenvalue weighted by Crippen LogP contribution is -2.30. The van der Waals surface area contributed by atoms with Gasteiger partial charge in [-0.1, -0.05) is 40.9 Å². The Hall–Kier alpha value is -2.26. The van der Waals surface area contributed by atoms with Crippen LogP contribution in [0.4, 0.5) is 13.2 Å². The summed E-state index contributed by atoms with van der Waals surface area (Å²) >= 11 is 3.32. The minimum absolute atomic E-state index is 0.0671. The van der Waals surface area contributed by atoms with E-state index in [0.717, 1.165) is 53.8 Å². The minimum atomic E-state index is -4.64. The molecule has 0 amide bonds. The summed E-state index contributed by atoms with van der Waals surface area (Å²) in [6, 6.07) is 7.79. The summed E-state index contributed by atoms with van der Waals surface area (Å²) in [6.45, 7) is 1.79. The summed E-state index contributed by atoms with van der Waals surface area (Å²) in [6.07, 6.45) is 0.868. The van der Waals surface area contributed by atoms with E-state index in [-0.39, 0.29) is 29.2 Å². The predicted molar refractivity (Wildman–Crippen MR) is 110 cm³/mol. The Bertz CT molecular complexity index is 1050. The number of hydrogen-bond donors (Lipinski definition) is 0. The number of alkyl halides is 3. The SMILES string of the molecule is O=C(CN1CCCCCC1)c1cnn2c(C(F)(F)F)cc(-c3ccc(Br)cc3)nc12. The number of hydrogen-bond acceptors (Lipinski definition) is 4. The van der Waals surface area contributed by atoms with E-state index >= 15 is 0 Å². The average molecular weight is 481 g/mol. The molecular formula is C21H20BrF3N4O. The van der Waals surface area contributed by atoms with Crippen molar-refractivity contribution in [3.8, 4) is 11.3 Å². The van der Waals surface area contributed by atoms with Gasteiger partial charge in [-0.05, 0) is 44.1 Å². The Balaban J connectivity index is 1.76. The maximum atomic E-state index is 13.7. The number of ketones is 1. The smallest absolute Gasteiger partial charge is 0.296 e. The third kappa shape index (κ3) is 4.41. The van der Waals surface area contributed by atoms with E-state index in [1.807, 2.05) is 0 Å². The Morgan fingerprint density at radius 1 is 1.07 bits per heavy atom. The number of benzene rings is 1. The van der Waals surface area contributed by atoms with Crippen LogP contribution in [0.15, 0.2) is 41.0 Å². The molecule has 3 heterocycles. The molecule has 1 aromatic carbocycles. The monoisotopic (exact) mass is 480 g/mol. The molecule has 1 aliphatic heterocycles. The van der Waals surface area contributed by atoms with E-state index in [1.54, 1.807) is 24.3 Å². The highest BCUT2D eigenvalue weighted by Crippen LogP contribution is 2.33. The first kappa shape index (κ1) is 21.0. The lowest BCUT2D eigenvalue weighted by Gasteiger charge is -2.18. The molecule has 0 atom stereocenters.